The number of rotatable bonds is 6. The van der Waals surface area contributed by atoms with Crippen molar-refractivity contribution >= 4 is 24.2 Å². The molecule has 1 saturated heterocycles. The number of hydrogen-bond donors (Lipinski definition) is 2. The number of nitrogens with two attached hydrogens (primary N) is 1. The molecule has 1 aromatic carbocycles. The maximum Gasteiger partial charge on any atom is 0.245 e. The van der Waals surface area contributed by atoms with Gasteiger partial charge in [0.25, 0.3) is 0 Å². The van der Waals surface area contributed by atoms with E-state index in [4.69, 9.17) is 5.73 Å². The molecule has 0 radical (unpaired) electrons. The Morgan fingerprint density at radius 2 is 1.88 bits per heavy atom. The van der Waals surface area contributed by atoms with Gasteiger partial charge in [0, 0.05) is 19.1 Å². The topological polar surface area (TPSA) is 75.4 Å². The van der Waals surface area contributed by atoms with Crippen LogP contribution >= 0.6 is 12.4 Å². The maximum atomic E-state index is 12.7. The Hall–Kier alpha value is -1.59. The lowest BCUT2D eigenvalue weighted by atomic mass is 10.0. The van der Waals surface area contributed by atoms with Crippen LogP contribution in [0.2, 0.25) is 0 Å². The highest BCUT2D eigenvalue weighted by Gasteiger charge is 2.27. The number of likely N-dealkylation sites (tertiary alicyclic amines) is 1. The van der Waals surface area contributed by atoms with Crippen molar-refractivity contribution in [3.63, 3.8) is 0 Å². The average Bonchev–Trinajstić information content (AvgIpc) is 2.55. The van der Waals surface area contributed by atoms with E-state index in [1.807, 2.05) is 42.2 Å². The molecule has 1 aliphatic heterocycles. The van der Waals surface area contributed by atoms with Crippen LogP contribution in [0.3, 0.4) is 0 Å². The van der Waals surface area contributed by atoms with Crippen LogP contribution in [0.1, 0.15) is 38.2 Å². The molecule has 5 nitrogen and oxygen atoms in total. The van der Waals surface area contributed by atoms with Crippen LogP contribution in [0, 0.1) is 0 Å². The summed E-state index contributed by atoms with van der Waals surface area (Å²) in [6, 6.07) is 9.35. The largest absolute Gasteiger partial charge is 0.344 e. The first kappa shape index (κ1) is 20.5. The van der Waals surface area contributed by atoms with E-state index in [-0.39, 0.29) is 30.3 Å². The predicted octanol–water partition coefficient (Wildman–Crippen LogP) is 1.89. The summed E-state index contributed by atoms with van der Waals surface area (Å²) >= 11 is 0. The second-order valence-corrected chi connectivity index (χ2v) is 6.23. The summed E-state index contributed by atoms with van der Waals surface area (Å²) in [6.45, 7) is 3.40. The highest BCUT2D eigenvalue weighted by Crippen LogP contribution is 2.12. The number of nitrogens with zero attached hydrogens (tertiary/aromatic N) is 1. The molecular formula is C18H28ClN3O2. The summed E-state index contributed by atoms with van der Waals surface area (Å²) in [5.74, 6) is -0.0723. The number of benzene rings is 1. The fourth-order valence-corrected chi connectivity index (χ4v) is 2.91. The molecule has 0 spiro atoms. The fourth-order valence-electron chi connectivity index (χ4n) is 2.91. The molecule has 0 bridgehead atoms. The normalized spacial score (nSPS) is 16.2. The van der Waals surface area contributed by atoms with E-state index >= 15 is 0 Å². The second-order valence-electron chi connectivity index (χ2n) is 6.23. The molecule has 1 heterocycles. The van der Waals surface area contributed by atoms with E-state index in [0.29, 0.717) is 25.9 Å². The zero-order valence-electron chi connectivity index (χ0n) is 14.2. The number of piperidine rings is 1. The minimum Gasteiger partial charge on any atom is -0.344 e. The molecule has 1 aliphatic rings. The van der Waals surface area contributed by atoms with Crippen LogP contribution < -0.4 is 11.1 Å². The van der Waals surface area contributed by atoms with Gasteiger partial charge in [0.15, 0.2) is 0 Å². The fraction of sp³-hybridized carbons (Fsp3) is 0.556. The summed E-state index contributed by atoms with van der Waals surface area (Å²) in [5, 5.41) is 2.91. The van der Waals surface area contributed by atoms with E-state index in [2.05, 4.69) is 5.32 Å². The minimum atomic E-state index is -0.425. The quantitative estimate of drug-likeness (QED) is 0.820. The zero-order valence-corrected chi connectivity index (χ0v) is 15.1. The molecule has 1 atom stereocenters. The summed E-state index contributed by atoms with van der Waals surface area (Å²) in [6.07, 6.45) is 3.50. The number of carbonyl (C=O) groups is 2. The first-order valence-corrected chi connectivity index (χ1v) is 8.47. The van der Waals surface area contributed by atoms with Gasteiger partial charge in [-0.1, -0.05) is 43.7 Å². The highest BCUT2D eigenvalue weighted by molar-refractivity contribution is 5.88. The van der Waals surface area contributed by atoms with Crippen LogP contribution in [-0.4, -0.2) is 41.9 Å². The Morgan fingerprint density at radius 3 is 2.46 bits per heavy atom. The summed E-state index contributed by atoms with van der Waals surface area (Å²) < 4.78 is 0. The molecule has 2 amide bonds. The number of halogens is 1. The summed E-state index contributed by atoms with van der Waals surface area (Å²) in [5.41, 5.74) is 6.85. The molecule has 24 heavy (non-hydrogen) atoms. The average molecular weight is 354 g/mol. The molecular weight excluding hydrogens is 326 g/mol. The molecule has 3 N–H and O–H groups in total. The van der Waals surface area contributed by atoms with Gasteiger partial charge in [-0.15, -0.1) is 12.4 Å². The molecule has 0 saturated carbocycles. The first-order valence-electron chi connectivity index (χ1n) is 8.47. The lowest BCUT2D eigenvalue weighted by molar-refractivity contribution is -0.137. The van der Waals surface area contributed by atoms with Crippen LogP contribution in [0.5, 0.6) is 0 Å². The monoisotopic (exact) mass is 353 g/mol. The SMILES string of the molecule is CCCC(NC(=O)Cc1ccccc1)C(=O)N1CCC(N)CC1.Cl. The third kappa shape index (κ3) is 6.13. The van der Waals surface area contributed by atoms with Crippen LogP contribution in [0.4, 0.5) is 0 Å². The molecule has 134 valence electrons. The zero-order chi connectivity index (χ0) is 16.7. The van der Waals surface area contributed by atoms with Crippen molar-refractivity contribution in [2.45, 2.75) is 51.1 Å². The number of nitrogens with one attached hydrogen (secondary N) is 1. The van der Waals surface area contributed by atoms with Gasteiger partial charge in [-0.25, -0.2) is 0 Å². The van der Waals surface area contributed by atoms with Crippen molar-refractivity contribution in [2.24, 2.45) is 5.73 Å². The van der Waals surface area contributed by atoms with Crippen LogP contribution in [0.25, 0.3) is 0 Å². The molecule has 1 fully saturated rings. The molecule has 0 aromatic heterocycles. The molecule has 1 unspecified atom stereocenters. The van der Waals surface area contributed by atoms with Gasteiger partial charge in [0.2, 0.25) is 11.8 Å². The lowest BCUT2D eigenvalue weighted by Crippen LogP contribution is -2.52. The van der Waals surface area contributed by atoms with Gasteiger partial charge in [0.05, 0.1) is 6.42 Å². The van der Waals surface area contributed by atoms with Gasteiger partial charge in [-0.05, 0) is 24.8 Å². The lowest BCUT2D eigenvalue weighted by Gasteiger charge is -2.33. The van der Waals surface area contributed by atoms with Gasteiger partial charge < -0.3 is 16.0 Å². The van der Waals surface area contributed by atoms with Crippen LogP contribution in [0.15, 0.2) is 30.3 Å². The van der Waals surface area contributed by atoms with Crippen LogP contribution in [-0.2, 0) is 16.0 Å². The van der Waals surface area contributed by atoms with Gasteiger partial charge in [-0.2, -0.15) is 0 Å². The van der Waals surface area contributed by atoms with E-state index in [9.17, 15) is 9.59 Å². The third-order valence-corrected chi connectivity index (χ3v) is 4.27. The smallest absolute Gasteiger partial charge is 0.245 e. The van der Waals surface area contributed by atoms with Crippen molar-refractivity contribution in [2.75, 3.05) is 13.1 Å². The first-order chi connectivity index (χ1) is 11.1. The molecule has 1 aromatic rings. The minimum absolute atomic E-state index is 0. The standard InChI is InChI=1S/C18H27N3O2.ClH/c1-2-6-16(18(23)21-11-9-15(19)10-12-21)20-17(22)13-14-7-4-3-5-8-14;/h3-5,7-8,15-16H,2,6,9-13,19H2,1H3,(H,20,22);1H. The summed E-state index contributed by atoms with van der Waals surface area (Å²) in [7, 11) is 0. The third-order valence-electron chi connectivity index (χ3n) is 4.27. The van der Waals surface area contributed by atoms with E-state index in [0.717, 1.165) is 24.8 Å². The van der Waals surface area contributed by atoms with Gasteiger partial charge >= 0.3 is 0 Å². The summed E-state index contributed by atoms with van der Waals surface area (Å²) in [4.78, 5) is 26.7. The van der Waals surface area contributed by atoms with E-state index in [1.165, 1.54) is 0 Å². The molecule has 6 heteroatoms. The van der Waals surface area contributed by atoms with Crippen molar-refractivity contribution in [1.82, 2.24) is 10.2 Å². The molecule has 0 aliphatic carbocycles. The predicted molar refractivity (Wildman–Crippen MR) is 98.0 cm³/mol. The van der Waals surface area contributed by atoms with Crippen molar-refractivity contribution in [3.05, 3.63) is 35.9 Å². The number of hydrogen-bond acceptors (Lipinski definition) is 3. The Labute approximate surface area is 150 Å². The Morgan fingerprint density at radius 1 is 1.25 bits per heavy atom. The maximum absolute atomic E-state index is 12.7. The van der Waals surface area contributed by atoms with Crippen molar-refractivity contribution in [3.8, 4) is 0 Å². The Kier molecular flexibility index (Phi) is 8.79. The number of carbonyl (C=O) groups excluding carboxylic acids is 2. The van der Waals surface area contributed by atoms with E-state index < -0.39 is 6.04 Å². The second kappa shape index (κ2) is 10.3. The van der Waals surface area contributed by atoms with Gasteiger partial charge in [0.1, 0.15) is 6.04 Å². The van der Waals surface area contributed by atoms with E-state index in [1.54, 1.807) is 0 Å². The highest BCUT2D eigenvalue weighted by atomic mass is 35.5. The molecule has 2 rings (SSSR count). The number of amides is 2. The Bertz CT molecular complexity index is 516. The van der Waals surface area contributed by atoms with Crippen molar-refractivity contribution in [1.29, 1.82) is 0 Å². The van der Waals surface area contributed by atoms with Crippen molar-refractivity contribution < 1.29 is 9.59 Å². The Balaban J connectivity index is 0.00000288. The van der Waals surface area contributed by atoms with Gasteiger partial charge in [-0.3, -0.25) is 9.59 Å².